The summed E-state index contributed by atoms with van der Waals surface area (Å²) in [6.07, 6.45) is 0. The van der Waals surface area contributed by atoms with Crippen molar-refractivity contribution in [2.75, 3.05) is 0 Å². The maximum atomic E-state index is 12.8. The van der Waals surface area contributed by atoms with Crippen LogP contribution in [0.5, 0.6) is 5.75 Å². The first-order chi connectivity index (χ1) is 14.0. The molecule has 0 aliphatic rings. The van der Waals surface area contributed by atoms with E-state index in [4.69, 9.17) is 9.26 Å². The maximum Gasteiger partial charge on any atom is 0.255 e. The van der Waals surface area contributed by atoms with Gasteiger partial charge in [0.1, 0.15) is 23.9 Å². The number of imidazole rings is 1. The lowest BCUT2D eigenvalue weighted by Gasteiger charge is -2.11. The Balaban J connectivity index is 1.48. The van der Waals surface area contributed by atoms with E-state index in [1.54, 1.807) is 12.1 Å². The summed E-state index contributed by atoms with van der Waals surface area (Å²) >= 11 is 0. The molecule has 0 atom stereocenters. The summed E-state index contributed by atoms with van der Waals surface area (Å²) < 4.78 is 13.1. The first-order valence-electron chi connectivity index (χ1n) is 9.36. The van der Waals surface area contributed by atoms with Crippen LogP contribution in [0.15, 0.2) is 53.1 Å². The number of nitrogens with one attached hydrogen (secondary N) is 1. The van der Waals surface area contributed by atoms with E-state index < -0.39 is 0 Å². The molecule has 2 aromatic heterocycles. The molecule has 0 aliphatic carbocycles. The average Bonchev–Trinajstić information content (AvgIpc) is 3.23. The molecule has 1 amide bonds. The molecule has 1 N–H and O–H groups in total. The van der Waals surface area contributed by atoms with Gasteiger partial charge in [-0.2, -0.15) is 0 Å². The van der Waals surface area contributed by atoms with E-state index in [1.807, 2.05) is 61.9 Å². The van der Waals surface area contributed by atoms with E-state index in [2.05, 4.69) is 15.5 Å². The number of aromatic nitrogens is 3. The van der Waals surface area contributed by atoms with Gasteiger partial charge in [0, 0.05) is 7.05 Å². The number of fused-ring (bicyclic) bond motifs is 1. The van der Waals surface area contributed by atoms with E-state index in [-0.39, 0.29) is 12.5 Å². The second-order valence-electron chi connectivity index (χ2n) is 6.85. The van der Waals surface area contributed by atoms with Gasteiger partial charge in [-0.05, 0) is 38.1 Å². The molecule has 0 aliphatic heterocycles. The third-order valence-corrected chi connectivity index (χ3v) is 4.97. The van der Waals surface area contributed by atoms with Crippen molar-refractivity contribution >= 4 is 16.9 Å². The van der Waals surface area contributed by atoms with Gasteiger partial charge in [0.15, 0.2) is 0 Å². The Bertz CT molecular complexity index is 1160. The molecule has 4 rings (SSSR count). The van der Waals surface area contributed by atoms with Crippen molar-refractivity contribution < 1.29 is 14.1 Å². The highest BCUT2D eigenvalue weighted by atomic mass is 16.5. The first kappa shape index (κ1) is 18.7. The van der Waals surface area contributed by atoms with Crippen molar-refractivity contribution in [1.82, 2.24) is 20.0 Å². The number of rotatable bonds is 6. The molecule has 2 heterocycles. The number of para-hydroxylation sites is 3. The van der Waals surface area contributed by atoms with Gasteiger partial charge in [-0.25, -0.2) is 4.98 Å². The molecule has 4 aromatic rings. The van der Waals surface area contributed by atoms with Gasteiger partial charge in [-0.3, -0.25) is 4.79 Å². The lowest BCUT2D eigenvalue weighted by atomic mass is 10.2. The summed E-state index contributed by atoms with van der Waals surface area (Å²) in [5.41, 5.74) is 4.08. The fourth-order valence-corrected chi connectivity index (χ4v) is 3.25. The van der Waals surface area contributed by atoms with Crippen LogP contribution in [0.4, 0.5) is 0 Å². The molecule has 0 saturated heterocycles. The Morgan fingerprint density at radius 1 is 1.14 bits per heavy atom. The van der Waals surface area contributed by atoms with Crippen LogP contribution in [0.2, 0.25) is 0 Å². The van der Waals surface area contributed by atoms with Crippen molar-refractivity contribution in [3.63, 3.8) is 0 Å². The maximum absolute atomic E-state index is 12.8. The molecule has 7 heteroatoms. The van der Waals surface area contributed by atoms with Crippen LogP contribution in [0.3, 0.4) is 0 Å². The van der Waals surface area contributed by atoms with Gasteiger partial charge in [-0.1, -0.05) is 29.4 Å². The molecule has 0 bridgehead atoms. The zero-order valence-electron chi connectivity index (χ0n) is 16.6. The predicted octanol–water partition coefficient (Wildman–Crippen LogP) is 3.69. The summed E-state index contributed by atoms with van der Waals surface area (Å²) in [7, 11) is 1.94. The number of hydrogen-bond acceptors (Lipinski definition) is 5. The van der Waals surface area contributed by atoms with Gasteiger partial charge < -0.3 is 19.1 Å². The molecule has 7 nitrogen and oxygen atoms in total. The van der Waals surface area contributed by atoms with E-state index in [0.717, 1.165) is 28.1 Å². The Morgan fingerprint density at radius 2 is 1.90 bits per heavy atom. The van der Waals surface area contributed by atoms with Gasteiger partial charge in [-0.15, -0.1) is 0 Å². The molecular formula is C22H22N4O3. The lowest BCUT2D eigenvalue weighted by molar-refractivity contribution is 0.0945. The standard InChI is InChI=1S/C22H22N4O3/c1-14-17(15(2)29-25-14)13-28-20-11-7-4-8-16(20)22(27)23-12-21-24-18-9-5-6-10-19(18)26(21)3/h4-11H,12-13H2,1-3H3,(H,23,27). The SMILES string of the molecule is Cc1noc(C)c1COc1ccccc1C(=O)NCc1nc2ccccc2n1C. The summed E-state index contributed by atoms with van der Waals surface area (Å²) in [4.78, 5) is 17.4. The minimum Gasteiger partial charge on any atom is -0.488 e. The van der Waals surface area contributed by atoms with Crippen LogP contribution in [0.1, 0.15) is 33.2 Å². The second kappa shape index (κ2) is 7.79. The number of nitrogens with zero attached hydrogens (tertiary/aromatic N) is 3. The van der Waals surface area contributed by atoms with E-state index in [1.165, 1.54) is 0 Å². The Hall–Kier alpha value is -3.61. The first-order valence-corrected chi connectivity index (χ1v) is 9.36. The zero-order chi connectivity index (χ0) is 20.4. The highest BCUT2D eigenvalue weighted by Crippen LogP contribution is 2.22. The zero-order valence-corrected chi connectivity index (χ0v) is 16.6. The van der Waals surface area contributed by atoms with Gasteiger partial charge >= 0.3 is 0 Å². The monoisotopic (exact) mass is 390 g/mol. The Morgan fingerprint density at radius 3 is 2.66 bits per heavy atom. The molecule has 29 heavy (non-hydrogen) atoms. The molecule has 0 fully saturated rings. The Labute approximate surface area is 168 Å². The number of hydrogen-bond donors (Lipinski definition) is 1. The normalized spacial score (nSPS) is 11.0. The summed E-state index contributed by atoms with van der Waals surface area (Å²) in [5, 5.41) is 6.87. The quantitative estimate of drug-likeness (QED) is 0.543. The summed E-state index contributed by atoms with van der Waals surface area (Å²) in [5.74, 6) is 1.79. The molecular weight excluding hydrogens is 368 g/mol. The van der Waals surface area contributed by atoms with Crippen molar-refractivity contribution in [3.05, 3.63) is 76.9 Å². The van der Waals surface area contributed by atoms with Crippen molar-refractivity contribution in [2.45, 2.75) is 27.0 Å². The minimum absolute atomic E-state index is 0.216. The molecule has 0 saturated carbocycles. The number of carbonyl (C=O) groups is 1. The lowest BCUT2D eigenvalue weighted by Crippen LogP contribution is -2.25. The topological polar surface area (TPSA) is 82.2 Å². The van der Waals surface area contributed by atoms with E-state index in [9.17, 15) is 4.79 Å². The second-order valence-corrected chi connectivity index (χ2v) is 6.85. The third-order valence-electron chi connectivity index (χ3n) is 4.97. The molecule has 0 radical (unpaired) electrons. The highest BCUT2D eigenvalue weighted by molar-refractivity contribution is 5.96. The Kier molecular flexibility index (Phi) is 5.03. The van der Waals surface area contributed by atoms with Crippen LogP contribution in [-0.4, -0.2) is 20.6 Å². The van der Waals surface area contributed by atoms with Crippen LogP contribution < -0.4 is 10.1 Å². The fraction of sp³-hybridized carbons (Fsp3) is 0.227. The van der Waals surface area contributed by atoms with Crippen LogP contribution in [0, 0.1) is 13.8 Å². The number of benzene rings is 2. The minimum atomic E-state index is -0.216. The largest absolute Gasteiger partial charge is 0.488 e. The summed E-state index contributed by atoms with van der Waals surface area (Å²) in [6, 6.07) is 15.1. The highest BCUT2D eigenvalue weighted by Gasteiger charge is 2.16. The van der Waals surface area contributed by atoms with Gasteiger partial charge in [0.25, 0.3) is 5.91 Å². The molecule has 2 aromatic carbocycles. The molecule has 0 spiro atoms. The number of ether oxygens (including phenoxy) is 1. The smallest absolute Gasteiger partial charge is 0.255 e. The van der Waals surface area contributed by atoms with Crippen LogP contribution >= 0.6 is 0 Å². The van der Waals surface area contributed by atoms with Crippen molar-refractivity contribution in [3.8, 4) is 5.75 Å². The molecule has 148 valence electrons. The van der Waals surface area contributed by atoms with Gasteiger partial charge in [0.05, 0.1) is 34.4 Å². The fourth-order valence-electron chi connectivity index (χ4n) is 3.25. The predicted molar refractivity (Wildman–Crippen MR) is 109 cm³/mol. The molecule has 0 unspecified atom stereocenters. The summed E-state index contributed by atoms with van der Waals surface area (Å²) in [6.45, 7) is 4.32. The van der Waals surface area contributed by atoms with Crippen LogP contribution in [0.25, 0.3) is 11.0 Å². The van der Waals surface area contributed by atoms with E-state index in [0.29, 0.717) is 23.6 Å². The third kappa shape index (κ3) is 3.71. The number of aryl methyl sites for hydroxylation is 3. The average molecular weight is 390 g/mol. The van der Waals surface area contributed by atoms with E-state index >= 15 is 0 Å². The van der Waals surface area contributed by atoms with Crippen molar-refractivity contribution in [2.24, 2.45) is 7.05 Å². The number of amides is 1. The van der Waals surface area contributed by atoms with Crippen molar-refractivity contribution in [1.29, 1.82) is 0 Å². The van der Waals surface area contributed by atoms with Crippen LogP contribution in [-0.2, 0) is 20.2 Å². The number of carbonyl (C=O) groups excluding carboxylic acids is 1. The van der Waals surface area contributed by atoms with Gasteiger partial charge in [0.2, 0.25) is 0 Å².